The minimum Gasteiger partial charge on any atom is -0.469 e. The number of ether oxygens (including phenoxy) is 1. The maximum atomic E-state index is 12.8. The number of hydrogen-bond donors (Lipinski definition) is 0. The third-order valence-electron chi connectivity index (χ3n) is 4.79. The van der Waals surface area contributed by atoms with Gasteiger partial charge < -0.3 is 9.57 Å². The predicted molar refractivity (Wildman–Crippen MR) is 83.8 cm³/mol. The summed E-state index contributed by atoms with van der Waals surface area (Å²) in [5, 5.41) is 3.99. The molecule has 0 radical (unpaired) electrons. The summed E-state index contributed by atoms with van der Waals surface area (Å²) in [4.78, 5) is 42.5. The molecule has 0 aliphatic heterocycles. The summed E-state index contributed by atoms with van der Waals surface area (Å²) in [6, 6.07) is 0. The van der Waals surface area contributed by atoms with Crippen molar-refractivity contribution in [3.63, 3.8) is 0 Å². The van der Waals surface area contributed by atoms with Gasteiger partial charge in [0.05, 0.1) is 18.2 Å². The molecule has 6 heteroatoms. The lowest BCUT2D eigenvalue weighted by molar-refractivity contribution is -0.176. The highest BCUT2D eigenvalue weighted by Crippen LogP contribution is 2.55. The Morgan fingerprint density at radius 2 is 2.22 bits per heavy atom. The number of carbonyl (C=O) groups excluding carboxylic acids is 3. The summed E-state index contributed by atoms with van der Waals surface area (Å²) in [6.45, 7) is 5.70. The molecular weight excluding hydrogens is 298 g/mol. The third-order valence-corrected chi connectivity index (χ3v) is 4.79. The second-order valence-electron chi connectivity index (χ2n) is 6.13. The van der Waals surface area contributed by atoms with Gasteiger partial charge in [0.15, 0.2) is 5.78 Å². The Hall–Kier alpha value is -1.98. The highest BCUT2D eigenvalue weighted by atomic mass is 16.6. The van der Waals surface area contributed by atoms with Crippen molar-refractivity contribution in [3.05, 3.63) is 12.7 Å². The van der Waals surface area contributed by atoms with E-state index in [1.165, 1.54) is 7.11 Å². The minimum absolute atomic E-state index is 0.0466. The number of rotatable bonds is 7. The van der Waals surface area contributed by atoms with Crippen LogP contribution in [-0.4, -0.2) is 37.0 Å². The van der Waals surface area contributed by atoms with Crippen molar-refractivity contribution in [2.45, 2.75) is 39.0 Å². The number of Topliss-reactive ketones (excluding diaryl/α,β-unsaturated/α-hetero) is 2. The lowest BCUT2D eigenvalue weighted by Gasteiger charge is -2.50. The quantitative estimate of drug-likeness (QED) is 0.179. The monoisotopic (exact) mass is 321 g/mol. The number of oxime groups is 1. The number of ketones is 2. The molecule has 0 N–H and O–H groups in total. The van der Waals surface area contributed by atoms with E-state index in [9.17, 15) is 14.4 Å². The largest absolute Gasteiger partial charge is 0.469 e. The summed E-state index contributed by atoms with van der Waals surface area (Å²) in [5.74, 6) is -2.26. The fourth-order valence-electron chi connectivity index (χ4n) is 3.58. The zero-order chi connectivity index (χ0) is 17.0. The zero-order valence-electron chi connectivity index (χ0n) is 13.7. The number of hydrogen-bond acceptors (Lipinski definition) is 6. The molecule has 2 rings (SSSR count). The van der Waals surface area contributed by atoms with Crippen LogP contribution in [0.1, 0.15) is 39.0 Å². The SMILES string of the molecule is C=CCON=C(CCC)C1C(=O)CC2(C(=O)OC)CCC2C1=O. The first-order valence-electron chi connectivity index (χ1n) is 7.96. The molecule has 126 valence electrons. The number of carbonyl (C=O) groups is 3. The number of fused-ring (bicyclic) bond motifs is 1. The van der Waals surface area contributed by atoms with Gasteiger partial charge in [0.1, 0.15) is 18.3 Å². The van der Waals surface area contributed by atoms with E-state index in [1.807, 2.05) is 6.92 Å². The molecule has 2 saturated carbocycles. The van der Waals surface area contributed by atoms with Crippen LogP contribution in [0.15, 0.2) is 17.8 Å². The average molecular weight is 321 g/mol. The molecule has 0 spiro atoms. The van der Waals surface area contributed by atoms with Gasteiger partial charge in [-0.25, -0.2) is 0 Å². The van der Waals surface area contributed by atoms with E-state index < -0.39 is 23.2 Å². The van der Waals surface area contributed by atoms with Crippen molar-refractivity contribution < 1.29 is 24.0 Å². The van der Waals surface area contributed by atoms with Gasteiger partial charge in [0.25, 0.3) is 0 Å². The first-order valence-corrected chi connectivity index (χ1v) is 7.96. The molecule has 23 heavy (non-hydrogen) atoms. The Morgan fingerprint density at radius 1 is 1.48 bits per heavy atom. The Morgan fingerprint density at radius 3 is 2.74 bits per heavy atom. The molecule has 0 saturated heterocycles. The highest BCUT2D eigenvalue weighted by molar-refractivity contribution is 6.24. The maximum Gasteiger partial charge on any atom is 0.312 e. The van der Waals surface area contributed by atoms with Gasteiger partial charge in [-0.3, -0.25) is 14.4 Å². The number of nitrogens with zero attached hydrogens (tertiary/aromatic N) is 1. The summed E-state index contributed by atoms with van der Waals surface area (Å²) >= 11 is 0. The molecule has 6 nitrogen and oxygen atoms in total. The van der Waals surface area contributed by atoms with E-state index in [0.717, 1.165) is 6.42 Å². The van der Waals surface area contributed by atoms with E-state index in [4.69, 9.17) is 9.57 Å². The predicted octanol–water partition coefficient (Wildman–Crippen LogP) is 2.07. The second-order valence-corrected chi connectivity index (χ2v) is 6.13. The standard InChI is InChI=1S/C17H23NO5/c1-4-6-12(18-23-9-5-2)14-13(19)10-17(16(21)22-3)8-7-11(17)15(14)20/h5,11,14H,2,4,6-10H2,1,3H3. The summed E-state index contributed by atoms with van der Waals surface area (Å²) < 4.78 is 4.82. The molecule has 2 aliphatic carbocycles. The van der Waals surface area contributed by atoms with Crippen LogP contribution in [0.3, 0.4) is 0 Å². The molecule has 0 aromatic carbocycles. The van der Waals surface area contributed by atoms with Crippen LogP contribution in [0.4, 0.5) is 0 Å². The number of methoxy groups -OCH3 is 1. The molecule has 0 aromatic rings. The molecule has 0 heterocycles. The topological polar surface area (TPSA) is 82.0 Å². The summed E-state index contributed by atoms with van der Waals surface area (Å²) in [7, 11) is 1.29. The fourth-order valence-corrected chi connectivity index (χ4v) is 3.58. The van der Waals surface area contributed by atoms with E-state index >= 15 is 0 Å². The summed E-state index contributed by atoms with van der Waals surface area (Å²) in [5.41, 5.74) is -0.492. The van der Waals surface area contributed by atoms with Crippen molar-refractivity contribution in [2.75, 3.05) is 13.7 Å². The molecule has 0 amide bonds. The smallest absolute Gasteiger partial charge is 0.312 e. The molecule has 0 bridgehead atoms. The van der Waals surface area contributed by atoms with Crippen LogP contribution >= 0.6 is 0 Å². The van der Waals surface area contributed by atoms with Crippen molar-refractivity contribution in [1.82, 2.24) is 0 Å². The van der Waals surface area contributed by atoms with Crippen LogP contribution in [0, 0.1) is 17.3 Å². The Balaban J connectivity index is 2.26. The Bertz CT molecular complexity index is 553. The number of esters is 1. The summed E-state index contributed by atoms with van der Waals surface area (Å²) in [6.07, 6.45) is 4.00. The van der Waals surface area contributed by atoms with Gasteiger partial charge in [0.2, 0.25) is 0 Å². The van der Waals surface area contributed by atoms with Gasteiger partial charge in [-0.15, -0.1) is 0 Å². The van der Waals surface area contributed by atoms with Crippen molar-refractivity contribution in [3.8, 4) is 0 Å². The van der Waals surface area contributed by atoms with Crippen molar-refractivity contribution >= 4 is 23.2 Å². The van der Waals surface area contributed by atoms with Crippen LogP contribution in [0.5, 0.6) is 0 Å². The van der Waals surface area contributed by atoms with E-state index in [0.29, 0.717) is 25.0 Å². The van der Waals surface area contributed by atoms with Gasteiger partial charge >= 0.3 is 5.97 Å². The minimum atomic E-state index is -0.946. The first-order chi connectivity index (χ1) is 11.0. The second kappa shape index (κ2) is 7.06. The molecule has 2 aliphatic rings. The molecule has 3 atom stereocenters. The fraction of sp³-hybridized carbons (Fsp3) is 0.647. The first kappa shape index (κ1) is 17.4. The molecular formula is C17H23NO5. The van der Waals surface area contributed by atoms with Gasteiger partial charge in [0, 0.05) is 12.3 Å². The van der Waals surface area contributed by atoms with E-state index in [2.05, 4.69) is 11.7 Å². The van der Waals surface area contributed by atoms with Crippen molar-refractivity contribution in [2.24, 2.45) is 22.4 Å². The Labute approximate surface area is 135 Å². The van der Waals surface area contributed by atoms with Gasteiger partial charge in [-0.2, -0.15) is 0 Å². The van der Waals surface area contributed by atoms with Gasteiger partial charge in [-0.05, 0) is 19.3 Å². The van der Waals surface area contributed by atoms with Crippen LogP contribution < -0.4 is 0 Å². The third kappa shape index (κ3) is 2.94. The van der Waals surface area contributed by atoms with Gasteiger partial charge in [-0.1, -0.05) is 31.2 Å². The molecule has 2 fully saturated rings. The van der Waals surface area contributed by atoms with E-state index in [-0.39, 0.29) is 24.6 Å². The van der Waals surface area contributed by atoms with Crippen molar-refractivity contribution in [1.29, 1.82) is 0 Å². The highest BCUT2D eigenvalue weighted by Gasteiger charge is 2.63. The van der Waals surface area contributed by atoms with Crippen LogP contribution in [-0.2, 0) is 24.0 Å². The van der Waals surface area contributed by atoms with E-state index in [1.54, 1.807) is 6.08 Å². The normalized spacial score (nSPS) is 30.3. The maximum absolute atomic E-state index is 12.8. The Kier molecular flexibility index (Phi) is 5.34. The lowest BCUT2D eigenvalue weighted by atomic mass is 9.50. The average Bonchev–Trinajstić information content (AvgIpc) is 2.50. The van der Waals surface area contributed by atoms with Crippen LogP contribution in [0.25, 0.3) is 0 Å². The lowest BCUT2D eigenvalue weighted by Crippen LogP contribution is -2.59. The molecule has 0 aromatic heterocycles. The van der Waals surface area contributed by atoms with Crippen LogP contribution in [0.2, 0.25) is 0 Å². The zero-order valence-corrected chi connectivity index (χ0v) is 13.7. The molecule has 3 unspecified atom stereocenters.